The molecule has 0 fully saturated rings. The van der Waals surface area contributed by atoms with Crippen LogP contribution < -0.4 is 15.0 Å². The maximum atomic E-state index is 13.3. The van der Waals surface area contributed by atoms with Gasteiger partial charge in [0.2, 0.25) is 0 Å². The predicted octanol–water partition coefficient (Wildman–Crippen LogP) is 5.30. The number of aromatic nitrogens is 2. The van der Waals surface area contributed by atoms with Gasteiger partial charge in [-0.1, -0.05) is 54.1 Å². The third-order valence-electron chi connectivity index (χ3n) is 4.72. The van der Waals surface area contributed by atoms with Crippen molar-refractivity contribution in [2.24, 2.45) is 5.10 Å². The standard InChI is InChI=1S/C24H17BrClN3O4/c1-14(30)33-22-19(32-2)12-16(20(25)21(22)26)13-27-29-23(15-8-4-3-5-9-15)28-18-11-7-6-10-17(18)24(29)31/h3-13H,1-2H3. The minimum atomic E-state index is -0.537. The van der Waals surface area contributed by atoms with Gasteiger partial charge in [-0.05, 0) is 34.1 Å². The van der Waals surface area contributed by atoms with Gasteiger partial charge >= 0.3 is 5.97 Å². The fraction of sp³-hybridized carbons (Fsp3) is 0.0833. The number of nitrogens with zero attached hydrogens (tertiary/aromatic N) is 3. The van der Waals surface area contributed by atoms with Crippen molar-refractivity contribution in [3.63, 3.8) is 0 Å². The Kier molecular flexibility index (Phi) is 6.57. The molecule has 1 aromatic heterocycles. The number of carbonyl (C=O) groups is 1. The average Bonchev–Trinajstić information content (AvgIpc) is 2.82. The van der Waals surface area contributed by atoms with Gasteiger partial charge in [0, 0.05) is 22.5 Å². The second kappa shape index (κ2) is 9.56. The van der Waals surface area contributed by atoms with Gasteiger partial charge in [-0.25, -0.2) is 4.98 Å². The van der Waals surface area contributed by atoms with Crippen LogP contribution in [0, 0.1) is 0 Å². The van der Waals surface area contributed by atoms with Crippen LogP contribution in [0.5, 0.6) is 11.5 Å². The second-order valence-electron chi connectivity index (χ2n) is 6.90. The van der Waals surface area contributed by atoms with Crippen molar-refractivity contribution in [3.8, 4) is 22.9 Å². The number of methoxy groups -OCH3 is 1. The number of hydrogen-bond acceptors (Lipinski definition) is 6. The van der Waals surface area contributed by atoms with E-state index in [0.717, 1.165) is 5.56 Å². The number of halogens is 2. The number of fused-ring (bicyclic) bond motifs is 1. The van der Waals surface area contributed by atoms with Gasteiger partial charge in [-0.15, -0.1) is 0 Å². The summed E-state index contributed by atoms with van der Waals surface area (Å²) in [6, 6.07) is 18.0. The molecular weight excluding hydrogens is 510 g/mol. The van der Waals surface area contributed by atoms with Crippen LogP contribution in [0.1, 0.15) is 12.5 Å². The van der Waals surface area contributed by atoms with Gasteiger partial charge in [0.05, 0.1) is 24.2 Å². The van der Waals surface area contributed by atoms with E-state index in [1.807, 2.05) is 36.4 Å². The molecule has 4 aromatic rings. The Labute approximate surface area is 202 Å². The Balaban J connectivity index is 1.90. The van der Waals surface area contributed by atoms with Gasteiger partial charge in [0.25, 0.3) is 5.56 Å². The van der Waals surface area contributed by atoms with Crippen molar-refractivity contribution >= 4 is 50.6 Å². The average molecular weight is 527 g/mol. The van der Waals surface area contributed by atoms with Gasteiger partial charge in [-0.2, -0.15) is 9.78 Å². The number of ether oxygens (including phenoxy) is 2. The van der Waals surface area contributed by atoms with Crippen LogP contribution in [0.25, 0.3) is 22.3 Å². The molecule has 3 aromatic carbocycles. The zero-order valence-electron chi connectivity index (χ0n) is 17.6. The summed E-state index contributed by atoms with van der Waals surface area (Å²) in [6.07, 6.45) is 1.46. The van der Waals surface area contributed by atoms with Crippen molar-refractivity contribution in [2.75, 3.05) is 7.11 Å². The molecule has 0 bridgehead atoms. The van der Waals surface area contributed by atoms with Crippen LogP contribution >= 0.6 is 27.5 Å². The monoisotopic (exact) mass is 525 g/mol. The van der Waals surface area contributed by atoms with E-state index in [1.165, 1.54) is 24.9 Å². The number of rotatable bonds is 5. The maximum absolute atomic E-state index is 13.3. The molecule has 0 N–H and O–H groups in total. The Hall–Kier alpha value is -3.49. The van der Waals surface area contributed by atoms with E-state index in [1.54, 1.807) is 24.3 Å². The molecule has 0 amide bonds. The molecule has 0 atom stereocenters. The Bertz CT molecular complexity index is 1450. The van der Waals surface area contributed by atoms with Crippen molar-refractivity contribution < 1.29 is 14.3 Å². The maximum Gasteiger partial charge on any atom is 0.308 e. The zero-order chi connectivity index (χ0) is 23.5. The lowest BCUT2D eigenvalue weighted by Gasteiger charge is -2.13. The molecule has 33 heavy (non-hydrogen) atoms. The molecule has 0 aliphatic rings. The third kappa shape index (κ3) is 4.53. The first-order valence-corrected chi connectivity index (χ1v) is 10.9. The molecule has 9 heteroatoms. The van der Waals surface area contributed by atoms with Crippen LogP contribution in [-0.4, -0.2) is 29.0 Å². The smallest absolute Gasteiger partial charge is 0.308 e. The van der Waals surface area contributed by atoms with Crippen LogP contribution in [0.3, 0.4) is 0 Å². The summed E-state index contributed by atoms with van der Waals surface area (Å²) < 4.78 is 12.2. The summed E-state index contributed by atoms with van der Waals surface area (Å²) in [5.41, 5.74) is 1.50. The predicted molar refractivity (Wildman–Crippen MR) is 131 cm³/mol. The van der Waals surface area contributed by atoms with E-state index >= 15 is 0 Å². The second-order valence-corrected chi connectivity index (χ2v) is 8.07. The summed E-state index contributed by atoms with van der Waals surface area (Å²) in [5.74, 6) is 0.184. The lowest BCUT2D eigenvalue weighted by molar-refractivity contribution is -0.132. The van der Waals surface area contributed by atoms with Gasteiger partial charge < -0.3 is 9.47 Å². The van der Waals surface area contributed by atoms with Gasteiger partial charge in [-0.3, -0.25) is 9.59 Å². The highest BCUT2D eigenvalue weighted by molar-refractivity contribution is 9.10. The normalized spacial score (nSPS) is 11.2. The van der Waals surface area contributed by atoms with Crippen LogP contribution in [0.15, 0.2) is 75.0 Å². The number of carbonyl (C=O) groups excluding carboxylic acids is 1. The molecule has 0 radical (unpaired) electrons. The van der Waals surface area contributed by atoms with Crippen molar-refractivity contribution in [3.05, 3.63) is 86.1 Å². The first-order chi connectivity index (χ1) is 15.9. The number of benzene rings is 3. The fourth-order valence-electron chi connectivity index (χ4n) is 3.21. The van der Waals surface area contributed by atoms with Crippen molar-refractivity contribution in [2.45, 2.75) is 6.92 Å². The zero-order valence-corrected chi connectivity index (χ0v) is 19.9. The van der Waals surface area contributed by atoms with Crippen LogP contribution in [0.4, 0.5) is 0 Å². The lowest BCUT2D eigenvalue weighted by atomic mass is 10.2. The largest absolute Gasteiger partial charge is 0.493 e. The SMILES string of the molecule is COc1cc(C=Nn2c(-c3ccccc3)nc3ccccc3c2=O)c(Br)c(Cl)c1OC(C)=O. The van der Waals surface area contributed by atoms with E-state index in [0.29, 0.717) is 26.8 Å². The highest BCUT2D eigenvalue weighted by Gasteiger charge is 2.19. The summed E-state index contributed by atoms with van der Waals surface area (Å²) >= 11 is 9.80. The Morgan fingerprint density at radius 2 is 1.85 bits per heavy atom. The third-order valence-corrected chi connectivity index (χ3v) is 6.16. The van der Waals surface area contributed by atoms with Gasteiger partial charge in [0.1, 0.15) is 5.02 Å². The van der Waals surface area contributed by atoms with Crippen LogP contribution in [-0.2, 0) is 4.79 Å². The molecular formula is C24H17BrClN3O4. The fourth-order valence-corrected chi connectivity index (χ4v) is 3.85. The molecule has 4 rings (SSSR count). The molecule has 0 aliphatic heterocycles. The lowest BCUT2D eigenvalue weighted by Crippen LogP contribution is -2.20. The number of esters is 1. The number of hydrogen-bond donors (Lipinski definition) is 0. The van der Waals surface area contributed by atoms with E-state index in [-0.39, 0.29) is 22.1 Å². The first-order valence-electron chi connectivity index (χ1n) is 9.76. The molecule has 0 unspecified atom stereocenters. The molecule has 0 saturated carbocycles. The molecule has 7 nitrogen and oxygen atoms in total. The topological polar surface area (TPSA) is 82.8 Å². The highest BCUT2D eigenvalue weighted by Crippen LogP contribution is 2.42. The summed E-state index contributed by atoms with van der Waals surface area (Å²) in [5, 5.41) is 5.01. The quantitative estimate of drug-likeness (QED) is 0.200. The van der Waals surface area contributed by atoms with E-state index in [9.17, 15) is 9.59 Å². The minimum Gasteiger partial charge on any atom is -0.493 e. The van der Waals surface area contributed by atoms with Crippen molar-refractivity contribution in [1.82, 2.24) is 9.66 Å². The molecule has 0 spiro atoms. The minimum absolute atomic E-state index is 0.0882. The number of para-hydroxylation sites is 1. The Morgan fingerprint density at radius 3 is 2.55 bits per heavy atom. The van der Waals surface area contributed by atoms with Crippen molar-refractivity contribution in [1.29, 1.82) is 0 Å². The van der Waals surface area contributed by atoms with Gasteiger partial charge in [0.15, 0.2) is 17.3 Å². The Morgan fingerprint density at radius 1 is 1.15 bits per heavy atom. The summed E-state index contributed by atoms with van der Waals surface area (Å²) in [4.78, 5) is 29.4. The van der Waals surface area contributed by atoms with E-state index in [4.69, 9.17) is 21.1 Å². The molecule has 0 saturated heterocycles. The molecule has 166 valence electrons. The van der Waals surface area contributed by atoms with E-state index < -0.39 is 5.97 Å². The summed E-state index contributed by atoms with van der Waals surface area (Å²) in [6.45, 7) is 1.27. The first kappa shape index (κ1) is 22.7. The van der Waals surface area contributed by atoms with E-state index in [2.05, 4.69) is 26.0 Å². The highest BCUT2D eigenvalue weighted by atomic mass is 79.9. The molecule has 0 aliphatic carbocycles. The molecule has 1 heterocycles. The summed E-state index contributed by atoms with van der Waals surface area (Å²) in [7, 11) is 1.43. The van der Waals surface area contributed by atoms with Crippen LogP contribution in [0.2, 0.25) is 5.02 Å².